The van der Waals surface area contributed by atoms with Crippen molar-refractivity contribution in [3.63, 3.8) is 0 Å². The van der Waals surface area contributed by atoms with Crippen LogP contribution in [0, 0.1) is 0 Å². The molecule has 2 aromatic rings. The minimum Gasteiger partial charge on any atom is -0.505 e. The number of aromatic hydroxyl groups is 1. The molecule has 0 unspecified atom stereocenters. The summed E-state index contributed by atoms with van der Waals surface area (Å²) in [6.45, 7) is 0. The summed E-state index contributed by atoms with van der Waals surface area (Å²) in [5, 5.41) is 10.1. The smallest absolute Gasteiger partial charge is 0.416 e. The summed E-state index contributed by atoms with van der Waals surface area (Å²) >= 11 is 0. The zero-order valence-electron chi connectivity index (χ0n) is 12.5. The third-order valence-electron chi connectivity index (χ3n) is 3.33. The van der Waals surface area contributed by atoms with E-state index in [9.17, 15) is 23.1 Å². The van der Waals surface area contributed by atoms with Crippen LogP contribution in [-0.4, -0.2) is 30.0 Å². The van der Waals surface area contributed by atoms with E-state index in [1.807, 2.05) is 0 Å². The summed E-state index contributed by atoms with van der Waals surface area (Å²) in [6.07, 6.45) is -4.50. The number of hydrogen-bond acceptors (Lipinski definition) is 3. The Morgan fingerprint density at radius 1 is 1.17 bits per heavy atom. The number of phenols is 1. The number of nitrogen functional groups attached to an aromatic ring is 1. The fraction of sp³-hybridized carbons (Fsp3) is 0.188. The number of carbonyl (C=O) groups is 1. The third kappa shape index (κ3) is 3.23. The Morgan fingerprint density at radius 3 is 2.39 bits per heavy atom. The first-order valence-corrected chi connectivity index (χ1v) is 6.63. The first-order valence-electron chi connectivity index (χ1n) is 6.63. The standard InChI is InChI=1S/C16H15F3N2O2/c1-21(2)15(23)13-11(6-7-12(20)14(13)22)9-4-3-5-10(8-9)16(17,18)19/h3-8,22H,20H2,1-2H3. The summed E-state index contributed by atoms with van der Waals surface area (Å²) < 4.78 is 38.6. The van der Waals surface area contributed by atoms with Crippen molar-refractivity contribution in [2.24, 2.45) is 0 Å². The SMILES string of the molecule is CN(C)C(=O)c1c(-c2cccc(C(F)(F)F)c2)ccc(N)c1O. The van der Waals surface area contributed by atoms with Crippen LogP contribution in [0.5, 0.6) is 5.75 Å². The lowest BCUT2D eigenvalue weighted by molar-refractivity contribution is -0.137. The van der Waals surface area contributed by atoms with Crippen LogP contribution >= 0.6 is 0 Å². The van der Waals surface area contributed by atoms with Crippen molar-refractivity contribution in [1.29, 1.82) is 0 Å². The molecular formula is C16H15F3N2O2. The Hall–Kier alpha value is -2.70. The van der Waals surface area contributed by atoms with E-state index >= 15 is 0 Å². The largest absolute Gasteiger partial charge is 0.505 e. The molecule has 0 spiro atoms. The Kier molecular flexibility index (Phi) is 4.22. The fourth-order valence-corrected chi connectivity index (χ4v) is 2.15. The molecule has 23 heavy (non-hydrogen) atoms. The molecule has 0 radical (unpaired) electrons. The number of rotatable bonds is 2. The molecule has 1 amide bonds. The molecule has 0 aliphatic rings. The van der Waals surface area contributed by atoms with E-state index in [1.165, 1.54) is 43.3 Å². The van der Waals surface area contributed by atoms with Gasteiger partial charge in [-0.3, -0.25) is 4.79 Å². The van der Waals surface area contributed by atoms with Crippen molar-refractivity contribution in [3.05, 3.63) is 47.5 Å². The minimum absolute atomic E-state index is 0.0223. The van der Waals surface area contributed by atoms with Gasteiger partial charge < -0.3 is 15.7 Å². The van der Waals surface area contributed by atoms with E-state index in [2.05, 4.69) is 0 Å². The van der Waals surface area contributed by atoms with Gasteiger partial charge in [0.25, 0.3) is 5.91 Å². The van der Waals surface area contributed by atoms with Crippen LogP contribution in [0.4, 0.5) is 18.9 Å². The fourth-order valence-electron chi connectivity index (χ4n) is 2.15. The molecule has 0 heterocycles. The second-order valence-electron chi connectivity index (χ2n) is 5.20. The van der Waals surface area contributed by atoms with Crippen LogP contribution in [0.15, 0.2) is 36.4 Å². The highest BCUT2D eigenvalue weighted by molar-refractivity contribution is 6.04. The van der Waals surface area contributed by atoms with Gasteiger partial charge in [0, 0.05) is 14.1 Å². The van der Waals surface area contributed by atoms with Gasteiger partial charge in [-0.05, 0) is 29.3 Å². The van der Waals surface area contributed by atoms with Gasteiger partial charge in [0.2, 0.25) is 0 Å². The predicted octanol–water partition coefficient (Wildman–Crippen LogP) is 3.36. The molecular weight excluding hydrogens is 309 g/mol. The molecule has 0 bridgehead atoms. The second kappa shape index (κ2) is 5.83. The van der Waals surface area contributed by atoms with Crippen LogP contribution in [0.3, 0.4) is 0 Å². The third-order valence-corrected chi connectivity index (χ3v) is 3.33. The molecule has 0 saturated carbocycles. The number of nitrogens with zero attached hydrogens (tertiary/aromatic N) is 1. The highest BCUT2D eigenvalue weighted by Crippen LogP contribution is 2.37. The van der Waals surface area contributed by atoms with Gasteiger partial charge in [0.1, 0.15) is 0 Å². The highest BCUT2D eigenvalue weighted by atomic mass is 19.4. The number of alkyl halides is 3. The van der Waals surface area contributed by atoms with E-state index < -0.39 is 23.4 Å². The molecule has 0 saturated heterocycles. The highest BCUT2D eigenvalue weighted by Gasteiger charge is 2.31. The van der Waals surface area contributed by atoms with Crippen LogP contribution in [0.1, 0.15) is 15.9 Å². The van der Waals surface area contributed by atoms with E-state index in [4.69, 9.17) is 5.73 Å². The topological polar surface area (TPSA) is 66.6 Å². The van der Waals surface area contributed by atoms with Gasteiger partial charge in [0.15, 0.2) is 5.75 Å². The Bertz CT molecular complexity index is 755. The van der Waals surface area contributed by atoms with E-state index in [-0.39, 0.29) is 22.4 Å². The van der Waals surface area contributed by atoms with Gasteiger partial charge in [-0.25, -0.2) is 0 Å². The molecule has 0 aromatic heterocycles. The van der Waals surface area contributed by atoms with Crippen molar-refractivity contribution in [1.82, 2.24) is 4.90 Å². The maximum Gasteiger partial charge on any atom is 0.416 e. The molecule has 7 heteroatoms. The lowest BCUT2D eigenvalue weighted by Gasteiger charge is -2.17. The normalized spacial score (nSPS) is 11.3. The Balaban J connectivity index is 2.70. The minimum atomic E-state index is -4.50. The molecule has 2 rings (SSSR count). The molecule has 0 aliphatic carbocycles. The first kappa shape index (κ1) is 16.7. The molecule has 122 valence electrons. The van der Waals surface area contributed by atoms with Gasteiger partial charge in [0.05, 0.1) is 16.8 Å². The summed E-state index contributed by atoms with van der Waals surface area (Å²) in [5.41, 5.74) is 4.96. The van der Waals surface area contributed by atoms with Crippen LogP contribution < -0.4 is 5.73 Å². The number of benzene rings is 2. The van der Waals surface area contributed by atoms with Crippen LogP contribution in [0.25, 0.3) is 11.1 Å². The number of halogens is 3. The Labute approximate surface area is 131 Å². The quantitative estimate of drug-likeness (QED) is 0.657. The number of phenolic OH excluding ortho intramolecular Hbond substituents is 1. The summed E-state index contributed by atoms with van der Waals surface area (Å²) in [5.74, 6) is -0.999. The van der Waals surface area contributed by atoms with Gasteiger partial charge in [-0.1, -0.05) is 18.2 Å². The zero-order valence-corrected chi connectivity index (χ0v) is 12.5. The average molecular weight is 324 g/mol. The molecule has 4 nitrogen and oxygen atoms in total. The molecule has 0 atom stereocenters. The van der Waals surface area contributed by atoms with Gasteiger partial charge in [-0.2, -0.15) is 13.2 Å². The summed E-state index contributed by atoms with van der Waals surface area (Å²) in [7, 11) is 2.95. The molecule has 0 fully saturated rings. The number of amides is 1. The monoisotopic (exact) mass is 324 g/mol. The van der Waals surface area contributed by atoms with Crippen molar-refractivity contribution in [2.75, 3.05) is 19.8 Å². The predicted molar refractivity (Wildman–Crippen MR) is 81.0 cm³/mol. The summed E-state index contributed by atoms with van der Waals surface area (Å²) in [4.78, 5) is 13.5. The maximum absolute atomic E-state index is 12.9. The lowest BCUT2D eigenvalue weighted by atomic mass is 9.95. The molecule has 2 aromatic carbocycles. The number of hydrogen-bond donors (Lipinski definition) is 2. The molecule has 0 aliphatic heterocycles. The van der Waals surface area contributed by atoms with Crippen molar-refractivity contribution >= 4 is 11.6 Å². The average Bonchev–Trinajstić information content (AvgIpc) is 2.48. The van der Waals surface area contributed by atoms with Gasteiger partial charge >= 0.3 is 6.18 Å². The van der Waals surface area contributed by atoms with E-state index in [1.54, 1.807) is 0 Å². The summed E-state index contributed by atoms with van der Waals surface area (Å²) in [6, 6.07) is 7.31. The lowest BCUT2D eigenvalue weighted by Crippen LogP contribution is -2.22. The van der Waals surface area contributed by atoms with Crippen LogP contribution in [-0.2, 0) is 6.18 Å². The number of carbonyl (C=O) groups excluding carboxylic acids is 1. The maximum atomic E-state index is 12.9. The number of nitrogens with two attached hydrogens (primary N) is 1. The molecule has 3 N–H and O–H groups in total. The van der Waals surface area contributed by atoms with Crippen molar-refractivity contribution in [3.8, 4) is 16.9 Å². The van der Waals surface area contributed by atoms with Crippen molar-refractivity contribution in [2.45, 2.75) is 6.18 Å². The Morgan fingerprint density at radius 2 is 1.83 bits per heavy atom. The second-order valence-corrected chi connectivity index (χ2v) is 5.20. The first-order chi connectivity index (χ1) is 10.6. The zero-order chi connectivity index (χ0) is 17.4. The van der Waals surface area contributed by atoms with E-state index in [0.717, 1.165) is 12.1 Å². The van der Waals surface area contributed by atoms with Crippen LogP contribution in [0.2, 0.25) is 0 Å². The van der Waals surface area contributed by atoms with E-state index in [0.29, 0.717) is 0 Å². The van der Waals surface area contributed by atoms with Gasteiger partial charge in [-0.15, -0.1) is 0 Å². The van der Waals surface area contributed by atoms with Crippen molar-refractivity contribution < 1.29 is 23.1 Å². The number of anilines is 1.